The maximum Gasteiger partial charge on any atom is 0.270 e. The van der Waals surface area contributed by atoms with Gasteiger partial charge in [-0.25, -0.2) is 9.97 Å². The third kappa shape index (κ3) is 3.97. The van der Waals surface area contributed by atoms with Crippen molar-refractivity contribution >= 4 is 28.3 Å². The van der Waals surface area contributed by atoms with Crippen molar-refractivity contribution < 1.29 is 4.79 Å². The van der Waals surface area contributed by atoms with Crippen molar-refractivity contribution in [3.63, 3.8) is 0 Å². The second-order valence-electron chi connectivity index (χ2n) is 6.52. The first kappa shape index (κ1) is 17.2. The molecule has 1 aliphatic heterocycles. The van der Waals surface area contributed by atoms with Gasteiger partial charge in [0, 0.05) is 43.8 Å². The molecule has 1 aliphatic rings. The molecule has 1 fully saturated rings. The van der Waals surface area contributed by atoms with Crippen LogP contribution in [0.5, 0.6) is 0 Å². The molecule has 1 saturated heterocycles. The molecule has 4 rings (SSSR count). The third-order valence-corrected chi connectivity index (χ3v) is 4.69. The van der Waals surface area contributed by atoms with Crippen LogP contribution in [-0.4, -0.2) is 47.0 Å². The van der Waals surface area contributed by atoms with Gasteiger partial charge in [-0.05, 0) is 24.3 Å². The zero-order valence-electron chi connectivity index (χ0n) is 15.1. The van der Waals surface area contributed by atoms with E-state index >= 15 is 0 Å². The van der Waals surface area contributed by atoms with Gasteiger partial charge in [-0.3, -0.25) is 9.78 Å². The van der Waals surface area contributed by atoms with Crippen molar-refractivity contribution in [1.29, 1.82) is 0 Å². The van der Waals surface area contributed by atoms with Crippen molar-refractivity contribution in [2.24, 2.45) is 0 Å². The Labute approximate surface area is 157 Å². The largest absolute Gasteiger partial charge is 0.368 e. The average molecular weight is 362 g/mol. The fourth-order valence-electron chi connectivity index (χ4n) is 3.31. The zero-order chi connectivity index (χ0) is 18.5. The molecule has 0 atom stereocenters. The van der Waals surface area contributed by atoms with E-state index in [9.17, 15) is 4.79 Å². The molecule has 7 nitrogen and oxygen atoms in total. The van der Waals surface area contributed by atoms with Crippen LogP contribution in [0.2, 0.25) is 0 Å². The van der Waals surface area contributed by atoms with Gasteiger partial charge in [0.05, 0.1) is 0 Å². The van der Waals surface area contributed by atoms with Crippen LogP contribution in [0.1, 0.15) is 23.3 Å². The normalized spacial score (nSPS) is 13.7. The highest BCUT2D eigenvalue weighted by Crippen LogP contribution is 2.19. The number of carbonyl (C=O) groups excluding carboxylic acids is 1. The van der Waals surface area contributed by atoms with E-state index in [-0.39, 0.29) is 5.91 Å². The Bertz CT molecular complexity index is 933. The molecule has 1 amide bonds. The molecular weight excluding hydrogens is 340 g/mol. The van der Waals surface area contributed by atoms with Crippen molar-refractivity contribution in [2.75, 3.05) is 36.4 Å². The molecule has 3 aromatic rings. The lowest BCUT2D eigenvalue weighted by Gasteiger charge is -2.16. The van der Waals surface area contributed by atoms with Gasteiger partial charge in [0.1, 0.15) is 23.7 Å². The second kappa shape index (κ2) is 7.99. The van der Waals surface area contributed by atoms with Crippen molar-refractivity contribution in [2.45, 2.75) is 12.8 Å². The maximum atomic E-state index is 12.5. The SMILES string of the molecule is O=C(NCCNc1cc(N2CCCC2)ncn1)c1nccc2ccccc12. The summed E-state index contributed by atoms with van der Waals surface area (Å²) in [6, 6.07) is 11.6. The van der Waals surface area contributed by atoms with Crippen LogP contribution < -0.4 is 15.5 Å². The first-order valence-corrected chi connectivity index (χ1v) is 9.24. The minimum Gasteiger partial charge on any atom is -0.368 e. The molecule has 0 spiro atoms. The van der Waals surface area contributed by atoms with Crippen molar-refractivity contribution in [3.05, 3.63) is 54.6 Å². The monoisotopic (exact) mass is 362 g/mol. The van der Waals surface area contributed by atoms with Gasteiger partial charge in [-0.2, -0.15) is 0 Å². The highest BCUT2D eigenvalue weighted by Gasteiger charge is 2.14. The molecular formula is C20H22N6O. The van der Waals surface area contributed by atoms with Gasteiger partial charge < -0.3 is 15.5 Å². The molecule has 138 valence electrons. The Balaban J connectivity index is 1.32. The first-order valence-electron chi connectivity index (χ1n) is 9.24. The molecule has 0 bridgehead atoms. The highest BCUT2D eigenvalue weighted by molar-refractivity contribution is 6.05. The van der Waals surface area contributed by atoms with Crippen LogP contribution in [0.25, 0.3) is 10.8 Å². The standard InChI is InChI=1S/C20H22N6O/c27-20(19-16-6-2-1-5-15(16)7-8-22-19)23-10-9-21-17-13-18(25-14-24-17)26-11-3-4-12-26/h1-2,5-8,13-14H,3-4,9-12H2,(H,23,27)(H,21,24,25). The molecule has 0 saturated carbocycles. The lowest BCUT2D eigenvalue weighted by atomic mass is 10.1. The van der Waals surface area contributed by atoms with E-state index in [2.05, 4.69) is 30.5 Å². The quantitative estimate of drug-likeness (QED) is 0.656. The Morgan fingerprint density at radius 2 is 1.89 bits per heavy atom. The average Bonchev–Trinajstić information content (AvgIpc) is 3.26. The number of hydrogen-bond donors (Lipinski definition) is 2. The summed E-state index contributed by atoms with van der Waals surface area (Å²) in [7, 11) is 0. The molecule has 2 aromatic heterocycles. The van der Waals surface area contributed by atoms with Gasteiger partial charge in [-0.1, -0.05) is 24.3 Å². The van der Waals surface area contributed by atoms with E-state index in [1.807, 2.05) is 36.4 Å². The summed E-state index contributed by atoms with van der Waals surface area (Å²) in [5.74, 6) is 1.55. The Morgan fingerprint density at radius 3 is 2.78 bits per heavy atom. The third-order valence-electron chi connectivity index (χ3n) is 4.69. The van der Waals surface area contributed by atoms with E-state index in [1.165, 1.54) is 12.8 Å². The molecule has 1 aromatic carbocycles. The lowest BCUT2D eigenvalue weighted by molar-refractivity contribution is 0.0952. The number of aromatic nitrogens is 3. The van der Waals surface area contributed by atoms with Crippen LogP contribution in [0.4, 0.5) is 11.6 Å². The predicted octanol–water partition coefficient (Wildman–Crippen LogP) is 2.47. The number of pyridine rings is 1. The summed E-state index contributed by atoms with van der Waals surface area (Å²) in [5, 5.41) is 8.02. The predicted molar refractivity (Wildman–Crippen MR) is 106 cm³/mol. The Kier molecular flexibility index (Phi) is 5.09. The number of hydrogen-bond acceptors (Lipinski definition) is 6. The van der Waals surface area contributed by atoms with Crippen LogP contribution in [0.15, 0.2) is 48.9 Å². The number of fused-ring (bicyclic) bond motifs is 1. The van der Waals surface area contributed by atoms with Crippen LogP contribution in [0.3, 0.4) is 0 Å². The molecule has 0 aliphatic carbocycles. The summed E-state index contributed by atoms with van der Waals surface area (Å²) in [6.07, 6.45) is 5.66. The summed E-state index contributed by atoms with van der Waals surface area (Å²) >= 11 is 0. The molecule has 0 unspecified atom stereocenters. The van der Waals surface area contributed by atoms with E-state index in [4.69, 9.17) is 0 Å². The molecule has 7 heteroatoms. The fraction of sp³-hybridized carbons (Fsp3) is 0.300. The number of nitrogens with one attached hydrogen (secondary N) is 2. The smallest absolute Gasteiger partial charge is 0.270 e. The van der Waals surface area contributed by atoms with Gasteiger partial charge in [0.25, 0.3) is 5.91 Å². The molecule has 27 heavy (non-hydrogen) atoms. The van der Waals surface area contributed by atoms with Gasteiger partial charge >= 0.3 is 0 Å². The molecule has 3 heterocycles. The number of nitrogens with zero attached hydrogens (tertiary/aromatic N) is 4. The summed E-state index contributed by atoms with van der Waals surface area (Å²) in [5.41, 5.74) is 0.450. The second-order valence-corrected chi connectivity index (χ2v) is 6.52. The van der Waals surface area contributed by atoms with Crippen LogP contribution in [-0.2, 0) is 0 Å². The Morgan fingerprint density at radius 1 is 1.04 bits per heavy atom. The highest BCUT2D eigenvalue weighted by atomic mass is 16.1. The van der Waals surface area contributed by atoms with Crippen molar-refractivity contribution in [1.82, 2.24) is 20.3 Å². The van der Waals surface area contributed by atoms with Crippen LogP contribution >= 0.6 is 0 Å². The zero-order valence-corrected chi connectivity index (χ0v) is 15.1. The van der Waals surface area contributed by atoms with Crippen molar-refractivity contribution in [3.8, 4) is 0 Å². The molecule has 2 N–H and O–H groups in total. The summed E-state index contributed by atoms with van der Waals surface area (Å²) in [6.45, 7) is 3.15. The summed E-state index contributed by atoms with van der Waals surface area (Å²) < 4.78 is 0. The van der Waals surface area contributed by atoms with E-state index < -0.39 is 0 Å². The summed E-state index contributed by atoms with van der Waals surface area (Å²) in [4.78, 5) is 27.6. The number of anilines is 2. The molecule has 0 radical (unpaired) electrons. The number of carbonyl (C=O) groups is 1. The first-order chi connectivity index (χ1) is 13.3. The minimum absolute atomic E-state index is 0.172. The number of amides is 1. The van der Waals surface area contributed by atoms with Gasteiger partial charge in [0.2, 0.25) is 0 Å². The topological polar surface area (TPSA) is 83.0 Å². The van der Waals surface area contributed by atoms with E-state index in [1.54, 1.807) is 12.5 Å². The Hall–Kier alpha value is -3.22. The van der Waals surface area contributed by atoms with Gasteiger partial charge in [-0.15, -0.1) is 0 Å². The number of rotatable bonds is 6. The van der Waals surface area contributed by atoms with E-state index in [0.29, 0.717) is 18.8 Å². The number of benzene rings is 1. The lowest BCUT2D eigenvalue weighted by Crippen LogP contribution is -2.29. The van der Waals surface area contributed by atoms with Crippen LogP contribution in [0, 0.1) is 0 Å². The van der Waals surface area contributed by atoms with E-state index in [0.717, 1.165) is 35.5 Å². The maximum absolute atomic E-state index is 12.5. The fourth-order valence-corrected chi connectivity index (χ4v) is 3.31. The van der Waals surface area contributed by atoms with Gasteiger partial charge in [0.15, 0.2) is 0 Å². The minimum atomic E-state index is -0.172.